The van der Waals surface area contributed by atoms with Crippen molar-refractivity contribution < 1.29 is 4.79 Å². The molecule has 2 aromatic heterocycles. The van der Waals surface area contributed by atoms with Gasteiger partial charge in [-0.2, -0.15) is 0 Å². The Bertz CT molecular complexity index is 724. The van der Waals surface area contributed by atoms with E-state index in [1.165, 1.54) is 16.9 Å². The number of rotatable bonds is 5. The number of nitrogens with zero attached hydrogens (tertiary/aromatic N) is 1. The average Bonchev–Trinajstić information content (AvgIpc) is 3.10. The van der Waals surface area contributed by atoms with Crippen LogP contribution < -0.4 is 10.6 Å². The van der Waals surface area contributed by atoms with Gasteiger partial charge in [0.05, 0.1) is 16.8 Å². The normalized spacial score (nSPS) is 10.2. The number of carbonyl (C=O) groups excluding carboxylic acids is 1. The van der Waals surface area contributed by atoms with Crippen LogP contribution in [0.3, 0.4) is 0 Å². The van der Waals surface area contributed by atoms with Crippen LogP contribution in [0.1, 0.15) is 15.2 Å². The van der Waals surface area contributed by atoms with Crippen molar-refractivity contribution in [3.05, 3.63) is 76.6 Å². The molecule has 2 N–H and O–H groups in total. The van der Waals surface area contributed by atoms with Crippen LogP contribution in [-0.2, 0) is 6.54 Å². The predicted octanol–water partition coefficient (Wildman–Crippen LogP) is 4.01. The van der Waals surface area contributed by atoms with Gasteiger partial charge in [-0.3, -0.25) is 4.79 Å². The third-order valence-electron chi connectivity index (χ3n) is 3.09. The topological polar surface area (TPSA) is 54.0 Å². The van der Waals surface area contributed by atoms with Crippen LogP contribution in [0.15, 0.2) is 66.2 Å². The molecule has 0 saturated heterocycles. The number of benzene rings is 1. The molecular formula is C17H15N3OS. The number of hydrogen-bond donors (Lipinski definition) is 2. The third kappa shape index (κ3) is 3.71. The highest BCUT2D eigenvalue weighted by Gasteiger charge is 2.07. The van der Waals surface area contributed by atoms with Gasteiger partial charge in [0.25, 0.3) is 5.91 Å². The summed E-state index contributed by atoms with van der Waals surface area (Å²) in [4.78, 5) is 16.8. The maximum Gasteiger partial charge on any atom is 0.266 e. The van der Waals surface area contributed by atoms with Crippen molar-refractivity contribution in [2.45, 2.75) is 6.54 Å². The maximum atomic E-state index is 11.9. The second-order valence-corrected chi connectivity index (χ2v) is 5.65. The number of nitrogens with one attached hydrogen (secondary N) is 2. The maximum absolute atomic E-state index is 11.9. The summed E-state index contributed by atoms with van der Waals surface area (Å²) >= 11 is 1.41. The van der Waals surface area contributed by atoms with Crippen molar-refractivity contribution in [2.24, 2.45) is 0 Å². The summed E-state index contributed by atoms with van der Waals surface area (Å²) in [6.45, 7) is 0.740. The van der Waals surface area contributed by atoms with Gasteiger partial charge in [0.2, 0.25) is 0 Å². The lowest BCUT2D eigenvalue weighted by atomic mass is 10.2. The van der Waals surface area contributed by atoms with Crippen LogP contribution in [0, 0.1) is 0 Å². The Morgan fingerprint density at radius 3 is 2.59 bits per heavy atom. The first-order chi connectivity index (χ1) is 10.8. The summed E-state index contributed by atoms with van der Waals surface area (Å²) < 4.78 is 0. The molecule has 0 aliphatic carbocycles. The summed E-state index contributed by atoms with van der Waals surface area (Å²) in [5.74, 6) is 0.413. The minimum atomic E-state index is -0.132. The second-order valence-electron chi connectivity index (χ2n) is 4.70. The number of amides is 1. The van der Waals surface area contributed by atoms with Crippen LogP contribution in [-0.4, -0.2) is 10.9 Å². The van der Waals surface area contributed by atoms with Crippen molar-refractivity contribution in [1.29, 1.82) is 0 Å². The van der Waals surface area contributed by atoms with Crippen molar-refractivity contribution in [1.82, 2.24) is 4.98 Å². The minimum Gasteiger partial charge on any atom is -0.380 e. The first-order valence-corrected chi connectivity index (χ1v) is 7.78. The Labute approximate surface area is 132 Å². The molecule has 0 spiro atoms. The molecule has 5 heteroatoms. The largest absolute Gasteiger partial charge is 0.380 e. The van der Waals surface area contributed by atoms with Gasteiger partial charge in [-0.05, 0) is 29.1 Å². The molecule has 110 valence electrons. The average molecular weight is 309 g/mol. The van der Waals surface area contributed by atoms with Crippen LogP contribution in [0.2, 0.25) is 0 Å². The summed E-state index contributed by atoms with van der Waals surface area (Å²) in [5, 5.41) is 7.95. The molecule has 0 saturated carbocycles. The monoisotopic (exact) mass is 309 g/mol. The summed E-state index contributed by atoms with van der Waals surface area (Å²) in [6, 6.07) is 17.5. The number of aromatic nitrogens is 1. The summed E-state index contributed by atoms with van der Waals surface area (Å²) in [5.41, 5.74) is 2.12. The van der Waals surface area contributed by atoms with Gasteiger partial charge < -0.3 is 10.6 Å². The highest BCUT2D eigenvalue weighted by molar-refractivity contribution is 7.12. The molecule has 0 aliphatic heterocycles. The van der Waals surface area contributed by atoms with E-state index in [2.05, 4.69) is 27.8 Å². The Morgan fingerprint density at radius 2 is 1.91 bits per heavy atom. The molecule has 4 nitrogen and oxygen atoms in total. The fourth-order valence-electron chi connectivity index (χ4n) is 1.96. The Kier molecular flexibility index (Phi) is 4.46. The van der Waals surface area contributed by atoms with Gasteiger partial charge in [0, 0.05) is 6.54 Å². The van der Waals surface area contributed by atoms with Crippen LogP contribution >= 0.6 is 11.3 Å². The molecule has 3 aromatic rings. The molecule has 2 heterocycles. The smallest absolute Gasteiger partial charge is 0.266 e. The van der Waals surface area contributed by atoms with E-state index in [9.17, 15) is 4.79 Å². The highest BCUT2D eigenvalue weighted by atomic mass is 32.1. The zero-order valence-corrected chi connectivity index (χ0v) is 12.6. The van der Waals surface area contributed by atoms with Crippen LogP contribution in [0.25, 0.3) is 0 Å². The van der Waals surface area contributed by atoms with Gasteiger partial charge in [-0.15, -0.1) is 11.3 Å². The Morgan fingerprint density at radius 1 is 1.05 bits per heavy atom. The Balaban J connectivity index is 1.57. The fraction of sp³-hybridized carbons (Fsp3) is 0.0588. The van der Waals surface area contributed by atoms with E-state index >= 15 is 0 Å². The van der Waals surface area contributed by atoms with Crippen molar-refractivity contribution in [3.63, 3.8) is 0 Å². The molecular weight excluding hydrogens is 294 g/mol. The van der Waals surface area contributed by atoms with E-state index in [-0.39, 0.29) is 5.91 Å². The number of pyridine rings is 1. The zero-order valence-electron chi connectivity index (χ0n) is 11.8. The fourth-order valence-corrected chi connectivity index (χ4v) is 2.58. The van der Waals surface area contributed by atoms with Gasteiger partial charge in [0.1, 0.15) is 5.82 Å². The highest BCUT2D eigenvalue weighted by Crippen LogP contribution is 2.14. The number of hydrogen-bond acceptors (Lipinski definition) is 4. The zero-order chi connectivity index (χ0) is 15.2. The molecule has 22 heavy (non-hydrogen) atoms. The van der Waals surface area contributed by atoms with Crippen molar-refractivity contribution in [3.8, 4) is 0 Å². The molecule has 0 radical (unpaired) electrons. The van der Waals surface area contributed by atoms with E-state index in [0.29, 0.717) is 10.7 Å². The summed E-state index contributed by atoms with van der Waals surface area (Å²) in [6.07, 6.45) is 1.72. The lowest BCUT2D eigenvalue weighted by Crippen LogP contribution is -2.11. The van der Waals surface area contributed by atoms with E-state index in [0.717, 1.165) is 12.2 Å². The SMILES string of the molecule is O=C(Nc1ccc(NCc2ccccc2)cn1)c1cccs1. The molecule has 1 aromatic carbocycles. The number of thiophene rings is 1. The number of carbonyl (C=O) groups is 1. The standard InChI is InChI=1S/C17H15N3OS/c21-17(15-7-4-10-22-15)20-16-9-8-14(12-19-16)18-11-13-5-2-1-3-6-13/h1-10,12,18H,11H2,(H,19,20,21). The molecule has 0 aliphatic rings. The molecule has 1 amide bonds. The molecule has 0 atom stereocenters. The third-order valence-corrected chi connectivity index (χ3v) is 3.96. The first kappa shape index (κ1) is 14.3. The van der Waals surface area contributed by atoms with Crippen LogP contribution in [0.4, 0.5) is 11.5 Å². The molecule has 0 unspecified atom stereocenters. The van der Waals surface area contributed by atoms with Gasteiger partial charge >= 0.3 is 0 Å². The van der Waals surface area contributed by atoms with E-state index in [1.807, 2.05) is 35.7 Å². The predicted molar refractivity (Wildman–Crippen MR) is 90.3 cm³/mol. The van der Waals surface area contributed by atoms with E-state index in [4.69, 9.17) is 0 Å². The molecule has 3 rings (SSSR count). The molecule has 0 fully saturated rings. The summed E-state index contributed by atoms with van der Waals surface area (Å²) in [7, 11) is 0. The van der Waals surface area contributed by atoms with Crippen molar-refractivity contribution >= 4 is 28.7 Å². The first-order valence-electron chi connectivity index (χ1n) is 6.90. The second kappa shape index (κ2) is 6.87. The number of anilines is 2. The lowest BCUT2D eigenvalue weighted by molar-refractivity contribution is 0.103. The van der Waals surface area contributed by atoms with E-state index < -0.39 is 0 Å². The van der Waals surface area contributed by atoms with Gasteiger partial charge in [-0.1, -0.05) is 36.4 Å². The van der Waals surface area contributed by atoms with Gasteiger partial charge in [0.15, 0.2) is 0 Å². The van der Waals surface area contributed by atoms with Gasteiger partial charge in [-0.25, -0.2) is 4.98 Å². The lowest BCUT2D eigenvalue weighted by Gasteiger charge is -2.07. The minimum absolute atomic E-state index is 0.132. The van der Waals surface area contributed by atoms with Crippen LogP contribution in [0.5, 0.6) is 0 Å². The van der Waals surface area contributed by atoms with E-state index in [1.54, 1.807) is 18.3 Å². The Hall–Kier alpha value is -2.66. The van der Waals surface area contributed by atoms with Crippen molar-refractivity contribution in [2.75, 3.05) is 10.6 Å². The molecule has 0 bridgehead atoms. The quantitative estimate of drug-likeness (QED) is 0.749.